The first-order chi connectivity index (χ1) is 5.95. The Morgan fingerprint density at radius 1 is 1.38 bits per heavy atom. The molecule has 0 aliphatic rings. The second-order valence-electron chi connectivity index (χ2n) is 3.89. The summed E-state index contributed by atoms with van der Waals surface area (Å²) in [6, 6.07) is 6.09. The molecule has 2 N–H and O–H groups in total. The highest BCUT2D eigenvalue weighted by molar-refractivity contribution is 6.31. The lowest BCUT2D eigenvalue weighted by Gasteiger charge is -2.20. The minimum Gasteiger partial charge on any atom is -0.322 e. The summed E-state index contributed by atoms with van der Waals surface area (Å²) in [5.41, 5.74) is 7.86. The van der Waals surface area contributed by atoms with Gasteiger partial charge in [0, 0.05) is 10.6 Å². The van der Waals surface area contributed by atoms with Gasteiger partial charge in [-0.2, -0.15) is 0 Å². The lowest BCUT2D eigenvalue weighted by molar-refractivity contribution is 0.554. The van der Waals surface area contributed by atoms with E-state index in [-0.39, 0.29) is 5.54 Å². The van der Waals surface area contributed by atoms with Crippen molar-refractivity contribution in [2.24, 2.45) is 5.73 Å². The van der Waals surface area contributed by atoms with Gasteiger partial charge in [-0.1, -0.05) is 30.7 Å². The summed E-state index contributed by atoms with van der Waals surface area (Å²) in [7, 11) is 0. The zero-order chi connectivity index (χ0) is 10.1. The fourth-order valence-corrected chi connectivity index (χ4v) is 1.75. The van der Waals surface area contributed by atoms with Crippen molar-refractivity contribution in [3.05, 3.63) is 34.3 Å². The number of aryl methyl sites for hydroxylation is 1. The maximum absolute atomic E-state index is 6.11. The van der Waals surface area contributed by atoms with Crippen LogP contribution in [0.3, 0.4) is 0 Å². The van der Waals surface area contributed by atoms with Crippen LogP contribution in [0.2, 0.25) is 5.02 Å². The molecule has 0 aromatic heterocycles. The molecule has 1 nitrogen and oxygen atoms in total. The van der Waals surface area contributed by atoms with Gasteiger partial charge in [0.2, 0.25) is 0 Å². The first kappa shape index (κ1) is 10.6. The van der Waals surface area contributed by atoms with E-state index in [1.165, 1.54) is 5.56 Å². The van der Waals surface area contributed by atoms with Crippen LogP contribution in [0.5, 0.6) is 0 Å². The van der Waals surface area contributed by atoms with E-state index in [0.29, 0.717) is 0 Å². The highest BCUT2D eigenvalue weighted by Crippen LogP contribution is 2.26. The predicted molar refractivity (Wildman–Crippen MR) is 58.0 cm³/mol. The first-order valence-corrected chi connectivity index (χ1v) is 4.90. The Labute approximate surface area is 84.9 Å². The maximum Gasteiger partial charge on any atom is 0.0459 e. The lowest BCUT2D eigenvalue weighted by atomic mass is 9.94. The summed E-state index contributed by atoms with van der Waals surface area (Å²) in [5.74, 6) is 0. The number of halogens is 1. The molecule has 72 valence electrons. The Kier molecular flexibility index (Phi) is 2.99. The monoisotopic (exact) mass is 197 g/mol. The average Bonchev–Trinajstić information content (AvgIpc) is 2.01. The van der Waals surface area contributed by atoms with E-state index in [9.17, 15) is 0 Å². The molecule has 0 fully saturated rings. The molecular formula is C11H16ClN. The summed E-state index contributed by atoms with van der Waals surface area (Å²) in [5, 5.41) is 0.770. The van der Waals surface area contributed by atoms with Crippen LogP contribution in [0.4, 0.5) is 0 Å². The van der Waals surface area contributed by atoms with Gasteiger partial charge in [0.15, 0.2) is 0 Å². The number of nitrogens with two attached hydrogens (primary N) is 1. The third kappa shape index (κ3) is 2.45. The molecule has 0 aliphatic heterocycles. The van der Waals surface area contributed by atoms with E-state index < -0.39 is 0 Å². The molecule has 13 heavy (non-hydrogen) atoms. The first-order valence-electron chi connectivity index (χ1n) is 4.53. The minimum absolute atomic E-state index is 0.358. The molecule has 2 heteroatoms. The average molecular weight is 198 g/mol. The quantitative estimate of drug-likeness (QED) is 0.775. The van der Waals surface area contributed by atoms with Crippen molar-refractivity contribution in [1.82, 2.24) is 0 Å². The van der Waals surface area contributed by atoms with Crippen LogP contribution in [0.1, 0.15) is 31.9 Å². The molecule has 0 amide bonds. The lowest BCUT2D eigenvalue weighted by Crippen LogP contribution is -2.28. The van der Waals surface area contributed by atoms with Crippen molar-refractivity contribution in [3.63, 3.8) is 0 Å². The van der Waals surface area contributed by atoms with Crippen LogP contribution in [0.25, 0.3) is 0 Å². The smallest absolute Gasteiger partial charge is 0.0459 e. The van der Waals surface area contributed by atoms with Crippen molar-refractivity contribution >= 4 is 11.6 Å². The van der Waals surface area contributed by atoms with Gasteiger partial charge < -0.3 is 5.73 Å². The van der Waals surface area contributed by atoms with E-state index in [2.05, 4.69) is 13.0 Å². The summed E-state index contributed by atoms with van der Waals surface area (Å²) >= 11 is 6.11. The molecule has 0 heterocycles. The second kappa shape index (κ2) is 3.69. The van der Waals surface area contributed by atoms with Gasteiger partial charge in [-0.15, -0.1) is 0 Å². The predicted octanol–water partition coefficient (Wildman–Crippen LogP) is 3.10. The fourth-order valence-electron chi connectivity index (χ4n) is 1.30. The minimum atomic E-state index is -0.358. The van der Waals surface area contributed by atoms with Crippen LogP contribution in [0.15, 0.2) is 18.2 Å². The molecule has 0 aliphatic carbocycles. The molecule has 0 radical (unpaired) electrons. The largest absolute Gasteiger partial charge is 0.322 e. The number of rotatable bonds is 2. The second-order valence-corrected chi connectivity index (χ2v) is 4.30. The number of benzene rings is 1. The van der Waals surface area contributed by atoms with Crippen LogP contribution in [-0.4, -0.2) is 0 Å². The van der Waals surface area contributed by atoms with Crippen molar-refractivity contribution in [1.29, 1.82) is 0 Å². The van der Waals surface area contributed by atoms with Crippen LogP contribution in [0, 0.1) is 0 Å². The third-order valence-electron chi connectivity index (χ3n) is 2.14. The van der Waals surface area contributed by atoms with E-state index >= 15 is 0 Å². The SMILES string of the molecule is CCc1ccc(C(C)(C)N)c(Cl)c1. The molecule has 0 atom stereocenters. The standard InChI is InChI=1S/C11H16ClN/c1-4-8-5-6-9(10(12)7-8)11(2,3)13/h5-7H,4,13H2,1-3H3. The third-order valence-corrected chi connectivity index (χ3v) is 2.45. The van der Waals surface area contributed by atoms with Gasteiger partial charge >= 0.3 is 0 Å². The summed E-state index contributed by atoms with van der Waals surface area (Å²) in [4.78, 5) is 0. The Morgan fingerprint density at radius 2 is 2.00 bits per heavy atom. The highest BCUT2D eigenvalue weighted by atomic mass is 35.5. The number of hydrogen-bond donors (Lipinski definition) is 1. The van der Waals surface area contributed by atoms with E-state index in [0.717, 1.165) is 17.0 Å². The van der Waals surface area contributed by atoms with Crippen molar-refractivity contribution in [2.45, 2.75) is 32.7 Å². The summed E-state index contributed by atoms with van der Waals surface area (Å²) in [6.07, 6.45) is 1.00. The normalized spacial score (nSPS) is 11.8. The molecule has 0 saturated carbocycles. The van der Waals surface area contributed by atoms with Crippen molar-refractivity contribution in [2.75, 3.05) is 0 Å². The zero-order valence-electron chi connectivity index (χ0n) is 8.39. The highest BCUT2D eigenvalue weighted by Gasteiger charge is 2.17. The van der Waals surface area contributed by atoms with Gasteiger partial charge in [0.1, 0.15) is 0 Å². The molecule has 0 bridgehead atoms. The van der Waals surface area contributed by atoms with Gasteiger partial charge in [-0.05, 0) is 37.5 Å². The van der Waals surface area contributed by atoms with Crippen LogP contribution >= 0.6 is 11.6 Å². The topological polar surface area (TPSA) is 26.0 Å². The van der Waals surface area contributed by atoms with Gasteiger partial charge in [0.05, 0.1) is 0 Å². The van der Waals surface area contributed by atoms with Crippen molar-refractivity contribution < 1.29 is 0 Å². The number of hydrogen-bond acceptors (Lipinski definition) is 1. The summed E-state index contributed by atoms with van der Waals surface area (Å²) < 4.78 is 0. The fraction of sp³-hybridized carbons (Fsp3) is 0.455. The summed E-state index contributed by atoms with van der Waals surface area (Å²) in [6.45, 7) is 6.03. The van der Waals surface area contributed by atoms with Gasteiger partial charge in [-0.25, -0.2) is 0 Å². The Balaban J connectivity index is 3.13. The Morgan fingerprint density at radius 3 is 2.38 bits per heavy atom. The molecule has 1 aromatic carbocycles. The van der Waals surface area contributed by atoms with Gasteiger partial charge in [0.25, 0.3) is 0 Å². The molecule has 0 saturated heterocycles. The van der Waals surface area contributed by atoms with E-state index in [4.69, 9.17) is 17.3 Å². The van der Waals surface area contributed by atoms with Crippen molar-refractivity contribution in [3.8, 4) is 0 Å². The maximum atomic E-state index is 6.11. The van der Waals surface area contributed by atoms with Crippen LogP contribution < -0.4 is 5.73 Å². The molecule has 1 rings (SSSR count). The molecule has 0 spiro atoms. The molecule has 1 aromatic rings. The van der Waals surface area contributed by atoms with Crippen LogP contribution in [-0.2, 0) is 12.0 Å². The zero-order valence-corrected chi connectivity index (χ0v) is 9.15. The molecular weight excluding hydrogens is 182 g/mol. The Hall–Kier alpha value is -0.530. The Bertz CT molecular complexity index is 299. The van der Waals surface area contributed by atoms with E-state index in [1.54, 1.807) is 0 Å². The van der Waals surface area contributed by atoms with Gasteiger partial charge in [-0.3, -0.25) is 0 Å². The molecule has 0 unspecified atom stereocenters. The van der Waals surface area contributed by atoms with E-state index in [1.807, 2.05) is 26.0 Å².